The molecule has 0 saturated heterocycles. The van der Waals surface area contributed by atoms with Crippen LogP contribution in [0, 0.1) is 0 Å². The van der Waals surface area contributed by atoms with Gasteiger partial charge >= 0.3 is 0 Å². The van der Waals surface area contributed by atoms with E-state index in [1.54, 1.807) is 0 Å². The van der Waals surface area contributed by atoms with Crippen LogP contribution in [0.15, 0.2) is 23.3 Å². The maximum absolute atomic E-state index is 11.8. The van der Waals surface area contributed by atoms with E-state index in [0.717, 1.165) is 13.1 Å². The van der Waals surface area contributed by atoms with Gasteiger partial charge in [0.05, 0.1) is 0 Å². The van der Waals surface area contributed by atoms with E-state index in [4.69, 9.17) is 0 Å². The summed E-state index contributed by atoms with van der Waals surface area (Å²) >= 11 is 0. The summed E-state index contributed by atoms with van der Waals surface area (Å²) < 4.78 is 0. The van der Waals surface area contributed by atoms with E-state index >= 15 is 0 Å². The summed E-state index contributed by atoms with van der Waals surface area (Å²) in [6.45, 7) is 4.56. The van der Waals surface area contributed by atoms with Gasteiger partial charge in [-0.2, -0.15) is 0 Å². The first-order chi connectivity index (χ1) is 8.72. The lowest BCUT2D eigenvalue weighted by atomic mass is 10.2. The highest BCUT2D eigenvalue weighted by Crippen LogP contribution is 2.25. The van der Waals surface area contributed by atoms with E-state index in [-0.39, 0.29) is 16.9 Å². The fraction of sp³-hybridized carbons (Fsp3) is 0.538. The number of carbonyl (C=O) groups excluding carboxylic acids is 1. The normalized spacial score (nSPS) is 14.8. The number of carbonyl (C=O) groups is 1. The summed E-state index contributed by atoms with van der Waals surface area (Å²) in [5.41, 5.74) is -0.0761. The van der Waals surface area contributed by atoms with Crippen molar-refractivity contribution in [3.05, 3.63) is 34.2 Å². The van der Waals surface area contributed by atoms with Gasteiger partial charge in [-0.25, -0.2) is 0 Å². The fourth-order valence-electron chi connectivity index (χ4n) is 2.04. The van der Waals surface area contributed by atoms with Crippen LogP contribution in [0.25, 0.3) is 0 Å². The highest BCUT2D eigenvalue weighted by Gasteiger charge is 2.27. The number of amides is 1. The first-order valence-electron chi connectivity index (χ1n) is 6.41. The van der Waals surface area contributed by atoms with Crippen molar-refractivity contribution in [3.8, 4) is 0 Å². The third kappa shape index (κ3) is 3.20. The number of rotatable bonds is 6. The standard InChI is InChI=1S/C13H19N3O2/c1-2-16(10-3-4-10)8-7-15-13(18)11-9-14-6-5-12(11)17/h5-6,9-10H,2-4,7-8H2,1H3,(H,14,17)(H,15,18). The molecule has 1 amide bonds. The molecule has 2 rings (SSSR count). The van der Waals surface area contributed by atoms with Crippen LogP contribution >= 0.6 is 0 Å². The van der Waals surface area contributed by atoms with Gasteiger partial charge in [0.2, 0.25) is 0 Å². The number of H-pyrrole nitrogens is 1. The second kappa shape index (κ2) is 5.82. The Hall–Kier alpha value is -1.62. The molecule has 0 atom stereocenters. The number of nitrogens with one attached hydrogen (secondary N) is 2. The largest absolute Gasteiger partial charge is 0.367 e. The van der Waals surface area contributed by atoms with Gasteiger partial charge in [-0.05, 0) is 19.4 Å². The molecule has 1 heterocycles. The number of hydrogen-bond donors (Lipinski definition) is 2. The summed E-state index contributed by atoms with van der Waals surface area (Å²) in [5.74, 6) is -0.302. The minimum Gasteiger partial charge on any atom is -0.367 e. The molecule has 1 aromatic rings. The molecule has 0 spiro atoms. The molecule has 1 fully saturated rings. The van der Waals surface area contributed by atoms with Crippen molar-refractivity contribution < 1.29 is 4.79 Å². The Kier molecular flexibility index (Phi) is 4.15. The maximum atomic E-state index is 11.8. The average Bonchev–Trinajstić information content (AvgIpc) is 3.19. The molecule has 0 radical (unpaired) electrons. The molecule has 1 aliphatic rings. The predicted octanol–water partition coefficient (Wildman–Crippen LogP) is 0.589. The van der Waals surface area contributed by atoms with Crippen molar-refractivity contribution in [2.45, 2.75) is 25.8 Å². The number of aromatic amines is 1. The molecule has 2 N–H and O–H groups in total. The zero-order valence-corrected chi connectivity index (χ0v) is 10.6. The number of aromatic nitrogens is 1. The molecule has 5 heteroatoms. The molecule has 1 aromatic heterocycles. The van der Waals surface area contributed by atoms with Gasteiger partial charge < -0.3 is 10.3 Å². The predicted molar refractivity (Wildman–Crippen MR) is 69.7 cm³/mol. The lowest BCUT2D eigenvalue weighted by Gasteiger charge is -2.19. The smallest absolute Gasteiger partial charge is 0.256 e. The Bertz CT molecular complexity index is 465. The van der Waals surface area contributed by atoms with Gasteiger partial charge in [0.15, 0.2) is 5.43 Å². The Morgan fingerprint density at radius 3 is 2.94 bits per heavy atom. The highest BCUT2D eigenvalue weighted by molar-refractivity contribution is 5.93. The van der Waals surface area contributed by atoms with Gasteiger partial charge in [0.1, 0.15) is 5.56 Å². The van der Waals surface area contributed by atoms with Crippen LogP contribution in [-0.2, 0) is 0 Å². The van der Waals surface area contributed by atoms with Crippen molar-refractivity contribution in [2.24, 2.45) is 0 Å². The number of hydrogen-bond acceptors (Lipinski definition) is 3. The molecule has 98 valence electrons. The molecule has 1 aliphatic carbocycles. The van der Waals surface area contributed by atoms with E-state index in [1.807, 2.05) is 0 Å². The van der Waals surface area contributed by atoms with Gasteiger partial charge in [-0.3, -0.25) is 14.5 Å². The second-order valence-corrected chi connectivity index (χ2v) is 4.54. The van der Waals surface area contributed by atoms with Gasteiger partial charge in [0, 0.05) is 37.6 Å². The third-order valence-corrected chi connectivity index (χ3v) is 3.22. The molecule has 0 aromatic carbocycles. The second-order valence-electron chi connectivity index (χ2n) is 4.54. The average molecular weight is 249 g/mol. The fourth-order valence-corrected chi connectivity index (χ4v) is 2.04. The van der Waals surface area contributed by atoms with Crippen molar-refractivity contribution in [2.75, 3.05) is 19.6 Å². The van der Waals surface area contributed by atoms with Crippen LogP contribution in [0.2, 0.25) is 0 Å². The summed E-state index contributed by atoms with van der Waals surface area (Å²) in [6.07, 6.45) is 5.49. The van der Waals surface area contributed by atoms with E-state index in [1.165, 1.54) is 31.3 Å². The van der Waals surface area contributed by atoms with Crippen LogP contribution in [0.5, 0.6) is 0 Å². The highest BCUT2D eigenvalue weighted by atomic mass is 16.2. The van der Waals surface area contributed by atoms with Gasteiger partial charge in [0.25, 0.3) is 5.91 Å². The van der Waals surface area contributed by atoms with Gasteiger partial charge in [-0.15, -0.1) is 0 Å². The lowest BCUT2D eigenvalue weighted by molar-refractivity contribution is 0.0946. The number of likely N-dealkylation sites (N-methyl/N-ethyl adjacent to an activating group) is 1. The number of nitrogens with zero attached hydrogens (tertiary/aromatic N) is 1. The van der Waals surface area contributed by atoms with Crippen molar-refractivity contribution in [3.63, 3.8) is 0 Å². The van der Waals surface area contributed by atoms with Crippen LogP contribution in [0.1, 0.15) is 30.1 Å². The summed E-state index contributed by atoms with van der Waals surface area (Å²) in [6, 6.07) is 2.06. The molecular formula is C13H19N3O2. The third-order valence-electron chi connectivity index (χ3n) is 3.22. The Morgan fingerprint density at radius 2 is 2.33 bits per heavy atom. The molecule has 18 heavy (non-hydrogen) atoms. The van der Waals surface area contributed by atoms with Crippen molar-refractivity contribution in [1.82, 2.24) is 15.2 Å². The van der Waals surface area contributed by atoms with Crippen molar-refractivity contribution in [1.29, 1.82) is 0 Å². The zero-order valence-electron chi connectivity index (χ0n) is 10.6. The Balaban J connectivity index is 1.81. The summed E-state index contributed by atoms with van der Waals surface area (Å²) in [7, 11) is 0. The first-order valence-corrected chi connectivity index (χ1v) is 6.41. The zero-order chi connectivity index (χ0) is 13.0. The van der Waals surface area contributed by atoms with E-state index in [2.05, 4.69) is 22.1 Å². The topological polar surface area (TPSA) is 65.2 Å². The number of pyridine rings is 1. The van der Waals surface area contributed by atoms with Crippen LogP contribution in [-0.4, -0.2) is 41.5 Å². The molecule has 0 aliphatic heterocycles. The van der Waals surface area contributed by atoms with E-state index < -0.39 is 0 Å². The van der Waals surface area contributed by atoms with Crippen LogP contribution in [0.4, 0.5) is 0 Å². The molecule has 5 nitrogen and oxygen atoms in total. The lowest BCUT2D eigenvalue weighted by Crippen LogP contribution is -2.37. The minimum absolute atomic E-state index is 0.173. The van der Waals surface area contributed by atoms with Crippen LogP contribution in [0.3, 0.4) is 0 Å². The maximum Gasteiger partial charge on any atom is 0.256 e. The quantitative estimate of drug-likeness (QED) is 0.775. The van der Waals surface area contributed by atoms with Crippen LogP contribution < -0.4 is 10.7 Å². The van der Waals surface area contributed by atoms with E-state index in [0.29, 0.717) is 12.6 Å². The van der Waals surface area contributed by atoms with E-state index in [9.17, 15) is 9.59 Å². The Morgan fingerprint density at radius 1 is 1.56 bits per heavy atom. The summed E-state index contributed by atoms with van der Waals surface area (Å²) in [4.78, 5) is 28.3. The molecule has 1 saturated carbocycles. The Labute approximate surface area is 106 Å². The molecule has 0 unspecified atom stereocenters. The summed E-state index contributed by atoms with van der Waals surface area (Å²) in [5, 5.41) is 2.79. The minimum atomic E-state index is -0.302. The van der Waals surface area contributed by atoms with Crippen molar-refractivity contribution >= 4 is 5.91 Å². The van der Waals surface area contributed by atoms with Gasteiger partial charge in [-0.1, -0.05) is 6.92 Å². The monoisotopic (exact) mass is 249 g/mol. The SMILES string of the molecule is CCN(CCNC(=O)c1c[nH]ccc1=O)C1CC1. The first kappa shape index (κ1) is 12.8. The molecule has 0 bridgehead atoms. The molecular weight excluding hydrogens is 230 g/mol.